The molecule has 8 heteroatoms. The van der Waals surface area contributed by atoms with Gasteiger partial charge < -0.3 is 19.1 Å². The van der Waals surface area contributed by atoms with Gasteiger partial charge in [0.05, 0.1) is 12.7 Å². The molecule has 1 heterocycles. The second-order valence-corrected chi connectivity index (χ2v) is 6.58. The molecule has 2 atom stereocenters. The number of carbonyl (C=O) groups is 2. The van der Waals surface area contributed by atoms with Gasteiger partial charge >= 0.3 is 5.97 Å². The normalized spacial score (nSPS) is 17.8. The second-order valence-electron chi connectivity index (χ2n) is 6.17. The van der Waals surface area contributed by atoms with Crippen molar-refractivity contribution < 1.29 is 28.2 Å². The minimum absolute atomic E-state index is 0.00327. The molecular weight excluding hydrogens is 365 g/mol. The summed E-state index contributed by atoms with van der Waals surface area (Å²) in [6.45, 7) is 2.11. The number of amides is 1. The smallest absolute Gasteiger partial charge is 0.335 e. The summed E-state index contributed by atoms with van der Waals surface area (Å²) in [5, 5.41) is 0.234. The average Bonchev–Trinajstić information content (AvgIpc) is 3.13. The molecular formula is C18H23ClFNO5. The summed E-state index contributed by atoms with van der Waals surface area (Å²) >= 11 is 5.95. The van der Waals surface area contributed by atoms with Crippen molar-refractivity contribution in [2.24, 2.45) is 0 Å². The number of carbonyl (C=O) groups excluding carboxylic acids is 2. The predicted octanol–water partition coefficient (Wildman–Crippen LogP) is 2.56. The van der Waals surface area contributed by atoms with Crippen LogP contribution in [0.3, 0.4) is 0 Å². The standard InChI is InChI=1S/C18H23ClFNO5/c1-12(25-10-13-5-4-8-24-13)18(23)26-11-17(22)21(2)9-14-15(19)6-3-7-16(14)20/h3,6-7,12-13H,4-5,8-11H2,1-2H3. The topological polar surface area (TPSA) is 65.1 Å². The molecule has 1 aliphatic rings. The molecule has 0 N–H and O–H groups in total. The van der Waals surface area contributed by atoms with Gasteiger partial charge in [0.25, 0.3) is 5.91 Å². The zero-order valence-electron chi connectivity index (χ0n) is 14.9. The SMILES string of the molecule is CC(OCC1CCCO1)C(=O)OCC(=O)N(C)Cc1c(F)cccc1Cl. The molecule has 6 nitrogen and oxygen atoms in total. The van der Waals surface area contributed by atoms with E-state index in [-0.39, 0.29) is 23.2 Å². The van der Waals surface area contributed by atoms with Crippen molar-refractivity contribution in [3.63, 3.8) is 0 Å². The predicted molar refractivity (Wildman–Crippen MR) is 93.2 cm³/mol. The molecule has 26 heavy (non-hydrogen) atoms. The Bertz CT molecular complexity index is 616. The minimum Gasteiger partial charge on any atom is -0.454 e. The van der Waals surface area contributed by atoms with Gasteiger partial charge in [-0.2, -0.15) is 0 Å². The summed E-state index contributed by atoms with van der Waals surface area (Å²) < 4.78 is 29.6. The Morgan fingerprint density at radius 3 is 2.88 bits per heavy atom. The fourth-order valence-corrected chi connectivity index (χ4v) is 2.69. The lowest BCUT2D eigenvalue weighted by molar-refractivity contribution is -0.162. The van der Waals surface area contributed by atoms with Gasteiger partial charge in [-0.25, -0.2) is 9.18 Å². The quantitative estimate of drug-likeness (QED) is 0.641. The molecule has 1 aromatic carbocycles. The average molecular weight is 388 g/mol. The van der Waals surface area contributed by atoms with Crippen LogP contribution >= 0.6 is 11.6 Å². The van der Waals surface area contributed by atoms with Crippen LogP contribution in [0.15, 0.2) is 18.2 Å². The van der Waals surface area contributed by atoms with Gasteiger partial charge in [-0.1, -0.05) is 17.7 Å². The van der Waals surface area contributed by atoms with Crippen molar-refractivity contribution in [2.75, 3.05) is 26.9 Å². The third-order valence-corrected chi connectivity index (χ3v) is 4.46. The number of ether oxygens (including phenoxy) is 3. The van der Waals surface area contributed by atoms with Gasteiger partial charge in [0.15, 0.2) is 12.7 Å². The van der Waals surface area contributed by atoms with Crippen LogP contribution in [-0.4, -0.2) is 55.9 Å². The number of hydrogen-bond acceptors (Lipinski definition) is 5. The molecule has 0 aliphatic carbocycles. The minimum atomic E-state index is -0.793. The van der Waals surface area contributed by atoms with Crippen LogP contribution in [0.5, 0.6) is 0 Å². The summed E-state index contributed by atoms with van der Waals surface area (Å²) in [7, 11) is 1.48. The number of likely N-dealkylation sites (N-methyl/N-ethyl adjacent to an activating group) is 1. The van der Waals surface area contributed by atoms with E-state index in [9.17, 15) is 14.0 Å². The van der Waals surface area contributed by atoms with Crippen LogP contribution in [0.2, 0.25) is 5.02 Å². The lowest BCUT2D eigenvalue weighted by Crippen LogP contribution is -2.34. The fourth-order valence-electron chi connectivity index (χ4n) is 2.46. The van der Waals surface area contributed by atoms with E-state index >= 15 is 0 Å². The molecule has 2 rings (SSSR count). The summed E-state index contributed by atoms with van der Waals surface area (Å²) in [6, 6.07) is 4.31. The highest BCUT2D eigenvalue weighted by atomic mass is 35.5. The number of benzene rings is 1. The molecule has 2 unspecified atom stereocenters. The number of rotatable bonds is 8. The third kappa shape index (κ3) is 5.93. The molecule has 1 fully saturated rings. The molecule has 0 aromatic heterocycles. The largest absolute Gasteiger partial charge is 0.454 e. The fraction of sp³-hybridized carbons (Fsp3) is 0.556. The van der Waals surface area contributed by atoms with E-state index < -0.39 is 30.4 Å². The van der Waals surface area contributed by atoms with Crippen molar-refractivity contribution in [1.29, 1.82) is 0 Å². The van der Waals surface area contributed by atoms with Crippen LogP contribution in [0.25, 0.3) is 0 Å². The van der Waals surface area contributed by atoms with Crippen LogP contribution in [0.1, 0.15) is 25.3 Å². The highest BCUT2D eigenvalue weighted by Crippen LogP contribution is 2.20. The molecule has 1 amide bonds. The number of esters is 1. The molecule has 0 saturated carbocycles. The van der Waals surface area contributed by atoms with Crippen molar-refractivity contribution in [2.45, 2.75) is 38.5 Å². The molecule has 1 saturated heterocycles. The molecule has 1 aliphatic heterocycles. The first-order valence-electron chi connectivity index (χ1n) is 8.45. The van der Waals surface area contributed by atoms with E-state index in [1.807, 2.05) is 0 Å². The Balaban J connectivity index is 1.75. The Morgan fingerprint density at radius 2 is 2.23 bits per heavy atom. The summed E-state index contributed by atoms with van der Waals surface area (Å²) in [5.74, 6) is -1.59. The Morgan fingerprint density at radius 1 is 1.46 bits per heavy atom. The molecule has 0 radical (unpaired) electrons. The van der Waals surface area contributed by atoms with Gasteiger partial charge in [-0.3, -0.25) is 4.79 Å². The zero-order chi connectivity index (χ0) is 19.1. The van der Waals surface area contributed by atoms with Crippen LogP contribution in [-0.2, 0) is 30.3 Å². The van der Waals surface area contributed by atoms with Crippen molar-refractivity contribution in [1.82, 2.24) is 4.90 Å². The van der Waals surface area contributed by atoms with E-state index in [0.717, 1.165) is 12.8 Å². The number of halogens is 2. The van der Waals surface area contributed by atoms with E-state index in [0.29, 0.717) is 13.2 Å². The van der Waals surface area contributed by atoms with Gasteiger partial charge in [-0.05, 0) is 31.9 Å². The van der Waals surface area contributed by atoms with E-state index in [4.69, 9.17) is 25.8 Å². The Kier molecular flexibility index (Phi) is 7.81. The van der Waals surface area contributed by atoms with Crippen LogP contribution < -0.4 is 0 Å². The Hall–Kier alpha value is -1.70. The second kappa shape index (κ2) is 9.85. The van der Waals surface area contributed by atoms with Gasteiger partial charge in [0.2, 0.25) is 0 Å². The van der Waals surface area contributed by atoms with Crippen LogP contribution in [0.4, 0.5) is 4.39 Å². The molecule has 0 bridgehead atoms. The number of nitrogens with zero attached hydrogens (tertiary/aromatic N) is 1. The zero-order valence-corrected chi connectivity index (χ0v) is 15.6. The van der Waals surface area contributed by atoms with E-state index in [1.54, 1.807) is 13.0 Å². The van der Waals surface area contributed by atoms with Crippen LogP contribution in [0, 0.1) is 5.82 Å². The first-order valence-corrected chi connectivity index (χ1v) is 8.83. The number of hydrogen-bond donors (Lipinski definition) is 0. The summed E-state index contributed by atoms with van der Waals surface area (Å²) in [4.78, 5) is 25.2. The molecule has 144 valence electrons. The molecule has 1 aromatic rings. The lowest BCUT2D eigenvalue weighted by atomic mass is 10.2. The highest BCUT2D eigenvalue weighted by Gasteiger charge is 2.22. The molecule has 0 spiro atoms. The maximum Gasteiger partial charge on any atom is 0.335 e. The van der Waals surface area contributed by atoms with Gasteiger partial charge in [-0.15, -0.1) is 0 Å². The summed E-state index contributed by atoms with van der Waals surface area (Å²) in [6.07, 6.45) is 1.10. The van der Waals surface area contributed by atoms with Crippen molar-refractivity contribution in [3.8, 4) is 0 Å². The van der Waals surface area contributed by atoms with Crippen molar-refractivity contribution >= 4 is 23.5 Å². The first-order chi connectivity index (χ1) is 12.4. The van der Waals surface area contributed by atoms with Gasteiger partial charge in [0, 0.05) is 30.8 Å². The third-order valence-electron chi connectivity index (χ3n) is 4.11. The maximum absolute atomic E-state index is 13.8. The van der Waals surface area contributed by atoms with Crippen molar-refractivity contribution in [3.05, 3.63) is 34.6 Å². The monoisotopic (exact) mass is 387 g/mol. The van der Waals surface area contributed by atoms with E-state index in [2.05, 4.69) is 0 Å². The maximum atomic E-state index is 13.8. The lowest BCUT2D eigenvalue weighted by Gasteiger charge is -2.19. The Labute approximate surface area is 157 Å². The first kappa shape index (κ1) is 20.6. The highest BCUT2D eigenvalue weighted by molar-refractivity contribution is 6.31. The van der Waals surface area contributed by atoms with Gasteiger partial charge in [0.1, 0.15) is 5.82 Å². The van der Waals surface area contributed by atoms with E-state index in [1.165, 1.54) is 24.1 Å². The summed E-state index contributed by atoms with van der Waals surface area (Å²) in [5.41, 5.74) is 0.213.